The number of hydrogen-bond acceptors (Lipinski definition) is 4. The predicted molar refractivity (Wildman–Crippen MR) is 60.1 cm³/mol. The summed E-state index contributed by atoms with van der Waals surface area (Å²) >= 11 is 0. The number of carbonyl (C=O) groups is 1. The Morgan fingerprint density at radius 1 is 1.12 bits per heavy atom. The molecule has 0 amide bonds. The molecule has 1 aromatic rings. The van der Waals surface area contributed by atoms with E-state index in [0.29, 0.717) is 30.5 Å². The molecule has 4 heteroatoms. The van der Waals surface area contributed by atoms with E-state index in [0.717, 1.165) is 0 Å². The summed E-state index contributed by atoms with van der Waals surface area (Å²) in [4.78, 5) is 10.8. The van der Waals surface area contributed by atoms with Gasteiger partial charge in [-0.15, -0.1) is 0 Å². The van der Waals surface area contributed by atoms with Crippen LogP contribution < -0.4 is 14.2 Å². The molecule has 0 atom stereocenters. The fraction of sp³-hybridized carbons (Fsp3) is 0.417. The molecule has 88 valence electrons. The fourth-order valence-corrected chi connectivity index (χ4v) is 1.26. The number of carbonyl (C=O) groups excluding carboxylic acids is 1. The van der Waals surface area contributed by atoms with E-state index in [9.17, 15) is 4.79 Å². The summed E-state index contributed by atoms with van der Waals surface area (Å²) in [5.74, 6) is 1.34. The van der Waals surface area contributed by atoms with E-state index in [1.54, 1.807) is 18.2 Å². The molecule has 16 heavy (non-hydrogen) atoms. The zero-order chi connectivity index (χ0) is 12.0. The van der Waals surface area contributed by atoms with Crippen molar-refractivity contribution in [2.75, 3.05) is 13.2 Å². The lowest BCUT2D eigenvalue weighted by Crippen LogP contribution is -2.03. The minimum atomic E-state index is -0.355. The molecule has 1 rings (SSSR count). The van der Waals surface area contributed by atoms with Crippen LogP contribution in [0, 0.1) is 0 Å². The maximum Gasteiger partial charge on any atom is 0.308 e. The second kappa shape index (κ2) is 6.00. The standard InChI is InChI=1S/C12H16O4/c1-4-14-11-7-6-10(16-9(3)13)8-12(11)15-5-2/h6-8H,4-5H2,1-3H3. The minimum Gasteiger partial charge on any atom is -0.490 e. The van der Waals surface area contributed by atoms with Gasteiger partial charge in [-0.2, -0.15) is 0 Å². The van der Waals surface area contributed by atoms with E-state index in [-0.39, 0.29) is 5.97 Å². The van der Waals surface area contributed by atoms with Crippen molar-refractivity contribution >= 4 is 5.97 Å². The van der Waals surface area contributed by atoms with Crippen LogP contribution in [0.1, 0.15) is 20.8 Å². The van der Waals surface area contributed by atoms with Gasteiger partial charge in [0.25, 0.3) is 0 Å². The highest BCUT2D eigenvalue weighted by Crippen LogP contribution is 2.31. The van der Waals surface area contributed by atoms with Gasteiger partial charge in [-0.25, -0.2) is 0 Å². The van der Waals surface area contributed by atoms with E-state index in [1.807, 2.05) is 13.8 Å². The summed E-state index contributed by atoms with van der Waals surface area (Å²) in [5, 5.41) is 0. The molecular formula is C12H16O4. The predicted octanol–water partition coefficient (Wildman–Crippen LogP) is 2.41. The van der Waals surface area contributed by atoms with Crippen molar-refractivity contribution in [3.05, 3.63) is 18.2 Å². The Hall–Kier alpha value is -1.71. The monoisotopic (exact) mass is 224 g/mol. The van der Waals surface area contributed by atoms with E-state index in [4.69, 9.17) is 14.2 Å². The van der Waals surface area contributed by atoms with Crippen molar-refractivity contribution in [1.82, 2.24) is 0 Å². The first kappa shape index (κ1) is 12.4. The zero-order valence-electron chi connectivity index (χ0n) is 9.78. The average Bonchev–Trinajstić information content (AvgIpc) is 2.21. The lowest BCUT2D eigenvalue weighted by atomic mass is 10.3. The van der Waals surface area contributed by atoms with Gasteiger partial charge >= 0.3 is 5.97 Å². The molecule has 0 heterocycles. The SMILES string of the molecule is CCOc1ccc(OC(C)=O)cc1OCC. The van der Waals surface area contributed by atoms with Crippen molar-refractivity contribution in [2.45, 2.75) is 20.8 Å². The third-order valence-electron chi connectivity index (χ3n) is 1.78. The molecule has 0 aliphatic rings. The lowest BCUT2D eigenvalue weighted by molar-refractivity contribution is -0.131. The van der Waals surface area contributed by atoms with Crippen LogP contribution in [0.5, 0.6) is 17.2 Å². The largest absolute Gasteiger partial charge is 0.490 e. The highest BCUT2D eigenvalue weighted by molar-refractivity contribution is 5.69. The molecule has 0 saturated carbocycles. The summed E-state index contributed by atoms with van der Waals surface area (Å²) in [6.07, 6.45) is 0. The summed E-state index contributed by atoms with van der Waals surface area (Å²) in [5.41, 5.74) is 0. The van der Waals surface area contributed by atoms with E-state index in [2.05, 4.69) is 0 Å². The Labute approximate surface area is 95.1 Å². The van der Waals surface area contributed by atoms with Crippen molar-refractivity contribution < 1.29 is 19.0 Å². The Morgan fingerprint density at radius 2 is 1.75 bits per heavy atom. The summed E-state index contributed by atoms with van der Waals surface area (Å²) < 4.78 is 15.7. The van der Waals surface area contributed by atoms with E-state index >= 15 is 0 Å². The normalized spacial score (nSPS) is 9.69. The maximum absolute atomic E-state index is 10.8. The van der Waals surface area contributed by atoms with Gasteiger partial charge in [0.2, 0.25) is 0 Å². The van der Waals surface area contributed by atoms with Crippen molar-refractivity contribution in [3.8, 4) is 17.2 Å². The summed E-state index contributed by atoms with van der Waals surface area (Å²) in [6, 6.07) is 5.05. The summed E-state index contributed by atoms with van der Waals surface area (Å²) in [6.45, 7) is 6.23. The molecule has 0 unspecified atom stereocenters. The maximum atomic E-state index is 10.8. The molecule has 1 aromatic carbocycles. The van der Waals surface area contributed by atoms with Gasteiger partial charge in [-0.1, -0.05) is 0 Å². The summed E-state index contributed by atoms with van der Waals surface area (Å²) in [7, 11) is 0. The van der Waals surface area contributed by atoms with Gasteiger partial charge in [0, 0.05) is 13.0 Å². The first-order valence-electron chi connectivity index (χ1n) is 5.25. The molecule has 0 saturated heterocycles. The van der Waals surface area contributed by atoms with E-state index in [1.165, 1.54) is 6.92 Å². The van der Waals surface area contributed by atoms with E-state index < -0.39 is 0 Å². The van der Waals surface area contributed by atoms with Crippen LogP contribution in [-0.2, 0) is 4.79 Å². The molecule has 0 spiro atoms. The second-order valence-corrected chi connectivity index (χ2v) is 3.07. The van der Waals surface area contributed by atoms with Gasteiger partial charge in [0.15, 0.2) is 11.5 Å². The number of hydrogen-bond donors (Lipinski definition) is 0. The number of rotatable bonds is 5. The molecule has 4 nitrogen and oxygen atoms in total. The van der Waals surface area contributed by atoms with Crippen LogP contribution in [0.3, 0.4) is 0 Å². The minimum absolute atomic E-state index is 0.355. The first-order valence-corrected chi connectivity index (χ1v) is 5.25. The Bertz CT molecular complexity index is 360. The first-order chi connectivity index (χ1) is 7.67. The third-order valence-corrected chi connectivity index (χ3v) is 1.78. The molecule has 0 fully saturated rings. The molecular weight excluding hydrogens is 208 g/mol. The van der Waals surface area contributed by atoms with Gasteiger partial charge in [-0.3, -0.25) is 4.79 Å². The number of benzene rings is 1. The smallest absolute Gasteiger partial charge is 0.308 e. The Balaban J connectivity index is 2.92. The van der Waals surface area contributed by atoms with Crippen LogP contribution in [-0.4, -0.2) is 19.2 Å². The van der Waals surface area contributed by atoms with Crippen molar-refractivity contribution in [2.24, 2.45) is 0 Å². The Morgan fingerprint density at radius 3 is 2.31 bits per heavy atom. The third kappa shape index (κ3) is 3.46. The van der Waals surface area contributed by atoms with Gasteiger partial charge in [0.1, 0.15) is 5.75 Å². The molecule has 0 aliphatic carbocycles. The molecule has 0 bridgehead atoms. The topological polar surface area (TPSA) is 44.8 Å². The number of ether oxygens (including phenoxy) is 3. The van der Waals surface area contributed by atoms with Crippen molar-refractivity contribution in [3.63, 3.8) is 0 Å². The van der Waals surface area contributed by atoms with Crippen LogP contribution in [0.4, 0.5) is 0 Å². The molecule has 0 aliphatic heterocycles. The van der Waals surface area contributed by atoms with Gasteiger partial charge < -0.3 is 14.2 Å². The Kier molecular flexibility index (Phi) is 4.64. The average molecular weight is 224 g/mol. The quantitative estimate of drug-likeness (QED) is 0.569. The zero-order valence-corrected chi connectivity index (χ0v) is 9.78. The van der Waals surface area contributed by atoms with Gasteiger partial charge in [-0.05, 0) is 26.0 Å². The second-order valence-electron chi connectivity index (χ2n) is 3.07. The van der Waals surface area contributed by atoms with Crippen molar-refractivity contribution in [1.29, 1.82) is 0 Å². The molecule has 0 N–H and O–H groups in total. The highest BCUT2D eigenvalue weighted by Gasteiger charge is 2.07. The van der Waals surface area contributed by atoms with Crippen LogP contribution in [0.25, 0.3) is 0 Å². The highest BCUT2D eigenvalue weighted by atomic mass is 16.5. The molecule has 0 radical (unpaired) electrons. The number of esters is 1. The van der Waals surface area contributed by atoms with Crippen LogP contribution in [0.15, 0.2) is 18.2 Å². The fourth-order valence-electron chi connectivity index (χ4n) is 1.26. The van der Waals surface area contributed by atoms with Crippen LogP contribution in [0.2, 0.25) is 0 Å². The molecule has 0 aromatic heterocycles. The van der Waals surface area contributed by atoms with Gasteiger partial charge in [0.05, 0.1) is 13.2 Å². The lowest BCUT2D eigenvalue weighted by Gasteiger charge is -2.11. The van der Waals surface area contributed by atoms with Crippen LogP contribution >= 0.6 is 0 Å².